The van der Waals surface area contributed by atoms with Gasteiger partial charge in [0.1, 0.15) is 4.83 Å². The molecule has 1 atom stereocenters. The Balaban J connectivity index is 2.02. The van der Waals surface area contributed by atoms with Crippen LogP contribution in [-0.4, -0.2) is 20.7 Å². The monoisotopic (exact) mass is 387 g/mol. The van der Waals surface area contributed by atoms with E-state index in [-0.39, 0.29) is 5.56 Å². The van der Waals surface area contributed by atoms with E-state index in [1.54, 1.807) is 11.5 Å². The van der Waals surface area contributed by atoms with Crippen molar-refractivity contribution in [3.63, 3.8) is 0 Å². The predicted octanol–water partition coefficient (Wildman–Crippen LogP) is 3.23. The Kier molecular flexibility index (Phi) is 5.78. The van der Waals surface area contributed by atoms with Crippen LogP contribution in [0.5, 0.6) is 0 Å². The van der Waals surface area contributed by atoms with Crippen LogP contribution >= 0.6 is 23.1 Å². The van der Waals surface area contributed by atoms with Crippen LogP contribution in [-0.2, 0) is 24.2 Å². The van der Waals surface area contributed by atoms with E-state index in [4.69, 9.17) is 5.73 Å². The van der Waals surface area contributed by atoms with E-state index in [2.05, 4.69) is 11.9 Å². The lowest BCUT2D eigenvalue weighted by Crippen LogP contribution is -2.27. The zero-order chi connectivity index (χ0) is 18.7. The molecule has 3 aromatic rings. The van der Waals surface area contributed by atoms with Gasteiger partial charge in [-0.2, -0.15) is 0 Å². The number of aryl methyl sites for hydroxylation is 2. The molecule has 0 saturated heterocycles. The normalized spacial score (nSPS) is 12.4. The molecule has 1 amide bonds. The number of hydrogen-bond donors (Lipinski definition) is 1. The van der Waals surface area contributed by atoms with E-state index >= 15 is 0 Å². The van der Waals surface area contributed by atoms with Crippen molar-refractivity contribution >= 4 is 39.2 Å². The predicted molar refractivity (Wildman–Crippen MR) is 108 cm³/mol. The fourth-order valence-electron chi connectivity index (χ4n) is 2.61. The number of aromatic nitrogens is 2. The number of nitrogens with zero attached hydrogens (tertiary/aromatic N) is 2. The number of rotatable bonds is 7. The Hall–Kier alpha value is -2.12. The summed E-state index contributed by atoms with van der Waals surface area (Å²) in [6.07, 6.45) is 1.59. The fourth-order valence-corrected chi connectivity index (χ4v) is 4.50. The largest absolute Gasteiger partial charge is 0.369 e. The zero-order valence-electron chi connectivity index (χ0n) is 14.8. The van der Waals surface area contributed by atoms with E-state index in [0.717, 1.165) is 28.1 Å². The van der Waals surface area contributed by atoms with Crippen LogP contribution in [0, 0.1) is 0 Å². The first-order valence-corrected chi connectivity index (χ1v) is 10.2. The molecule has 0 spiro atoms. The standard InChI is InChI=1S/C19H21N3O2S2/c1-3-14-11-15-17(26-14)21-19(25-12(2)16(20)23)22(18(15)24)10-9-13-7-5-4-6-8-13/h4-8,11-12H,3,9-10H2,1-2H3,(H2,20,23)/t12-/m1/s1. The first kappa shape index (κ1) is 18.7. The third kappa shape index (κ3) is 3.99. The molecule has 1 aromatic carbocycles. The molecule has 3 rings (SSSR count). The first-order chi connectivity index (χ1) is 12.5. The summed E-state index contributed by atoms with van der Waals surface area (Å²) < 4.78 is 1.67. The molecule has 0 radical (unpaired) electrons. The van der Waals surface area contributed by atoms with Crippen LogP contribution in [0.15, 0.2) is 46.3 Å². The Morgan fingerprint density at radius 3 is 2.73 bits per heavy atom. The summed E-state index contributed by atoms with van der Waals surface area (Å²) in [6, 6.07) is 11.9. The molecule has 0 aliphatic rings. The van der Waals surface area contributed by atoms with Crippen LogP contribution in [0.25, 0.3) is 10.2 Å². The quantitative estimate of drug-likeness (QED) is 0.499. The third-order valence-corrected chi connectivity index (χ3v) is 6.45. The van der Waals surface area contributed by atoms with Crippen molar-refractivity contribution in [1.82, 2.24) is 9.55 Å². The molecule has 0 aliphatic carbocycles. The Morgan fingerprint density at radius 2 is 2.08 bits per heavy atom. The highest BCUT2D eigenvalue weighted by Crippen LogP contribution is 2.27. The minimum absolute atomic E-state index is 0.0546. The van der Waals surface area contributed by atoms with Crippen LogP contribution in [0.2, 0.25) is 0 Å². The van der Waals surface area contributed by atoms with Crippen LogP contribution in [0.4, 0.5) is 0 Å². The second kappa shape index (κ2) is 8.05. The number of thioether (sulfide) groups is 1. The number of nitrogens with two attached hydrogens (primary N) is 1. The highest BCUT2D eigenvalue weighted by molar-refractivity contribution is 8.00. The van der Waals surface area contributed by atoms with Gasteiger partial charge in [-0.1, -0.05) is 49.0 Å². The molecule has 7 heteroatoms. The van der Waals surface area contributed by atoms with Crippen molar-refractivity contribution in [2.75, 3.05) is 0 Å². The lowest BCUT2D eigenvalue weighted by molar-refractivity contribution is -0.117. The lowest BCUT2D eigenvalue weighted by Gasteiger charge is -2.14. The summed E-state index contributed by atoms with van der Waals surface area (Å²) >= 11 is 2.77. The van der Waals surface area contributed by atoms with Gasteiger partial charge >= 0.3 is 0 Å². The molecular formula is C19H21N3O2S2. The molecule has 5 nitrogen and oxygen atoms in total. The smallest absolute Gasteiger partial charge is 0.262 e. The summed E-state index contributed by atoms with van der Waals surface area (Å²) in [6.45, 7) is 4.30. The Morgan fingerprint density at radius 1 is 1.35 bits per heavy atom. The second-order valence-electron chi connectivity index (χ2n) is 6.03. The average molecular weight is 388 g/mol. The Labute approximate surface area is 160 Å². The molecular weight excluding hydrogens is 366 g/mol. The van der Waals surface area contributed by atoms with Crippen molar-refractivity contribution in [3.05, 3.63) is 57.2 Å². The maximum absolute atomic E-state index is 13.1. The summed E-state index contributed by atoms with van der Waals surface area (Å²) in [7, 11) is 0. The maximum atomic E-state index is 13.1. The number of amides is 1. The summed E-state index contributed by atoms with van der Waals surface area (Å²) in [5, 5.41) is 0.748. The number of fused-ring (bicyclic) bond motifs is 1. The zero-order valence-corrected chi connectivity index (χ0v) is 16.4. The fraction of sp³-hybridized carbons (Fsp3) is 0.316. The number of hydrogen-bond acceptors (Lipinski definition) is 5. The van der Waals surface area contributed by atoms with Gasteiger partial charge in [0, 0.05) is 11.4 Å². The molecule has 136 valence electrons. The molecule has 2 aromatic heterocycles. The molecule has 2 heterocycles. The van der Waals surface area contributed by atoms with E-state index in [1.165, 1.54) is 23.1 Å². The minimum Gasteiger partial charge on any atom is -0.369 e. The van der Waals surface area contributed by atoms with Crippen molar-refractivity contribution in [2.24, 2.45) is 5.73 Å². The number of benzene rings is 1. The molecule has 0 aliphatic heterocycles. The van der Waals surface area contributed by atoms with Gasteiger partial charge in [-0.25, -0.2) is 4.98 Å². The Bertz CT molecular complexity index is 980. The number of carbonyl (C=O) groups is 1. The summed E-state index contributed by atoms with van der Waals surface area (Å²) in [5.41, 5.74) is 6.50. The van der Waals surface area contributed by atoms with E-state index < -0.39 is 11.2 Å². The molecule has 0 fully saturated rings. The number of carbonyl (C=O) groups excluding carboxylic acids is 1. The maximum Gasteiger partial charge on any atom is 0.262 e. The van der Waals surface area contributed by atoms with E-state index in [1.807, 2.05) is 36.4 Å². The summed E-state index contributed by atoms with van der Waals surface area (Å²) in [5.74, 6) is -0.417. The van der Waals surface area contributed by atoms with Crippen molar-refractivity contribution in [3.8, 4) is 0 Å². The van der Waals surface area contributed by atoms with Gasteiger partial charge in [0.25, 0.3) is 5.56 Å². The van der Waals surface area contributed by atoms with Gasteiger partial charge in [0.15, 0.2) is 5.16 Å². The highest BCUT2D eigenvalue weighted by atomic mass is 32.2. The molecule has 0 saturated carbocycles. The van der Waals surface area contributed by atoms with Crippen LogP contribution in [0.1, 0.15) is 24.3 Å². The van der Waals surface area contributed by atoms with Crippen molar-refractivity contribution in [1.29, 1.82) is 0 Å². The molecule has 26 heavy (non-hydrogen) atoms. The van der Waals surface area contributed by atoms with Gasteiger partial charge in [0.2, 0.25) is 5.91 Å². The molecule has 2 N–H and O–H groups in total. The SMILES string of the molecule is CCc1cc2c(=O)n(CCc3ccccc3)c(S[C@H](C)C(N)=O)nc2s1. The van der Waals surface area contributed by atoms with Gasteiger partial charge in [0.05, 0.1) is 10.6 Å². The number of primary amides is 1. The highest BCUT2D eigenvalue weighted by Gasteiger charge is 2.18. The first-order valence-electron chi connectivity index (χ1n) is 8.52. The number of thiophene rings is 1. The van der Waals surface area contributed by atoms with E-state index in [0.29, 0.717) is 17.1 Å². The topological polar surface area (TPSA) is 78.0 Å². The molecule has 0 bridgehead atoms. The third-order valence-electron chi connectivity index (χ3n) is 4.17. The average Bonchev–Trinajstić information content (AvgIpc) is 3.05. The lowest BCUT2D eigenvalue weighted by atomic mass is 10.1. The van der Waals surface area contributed by atoms with Gasteiger partial charge in [-0.3, -0.25) is 14.2 Å². The van der Waals surface area contributed by atoms with Crippen LogP contribution < -0.4 is 11.3 Å². The van der Waals surface area contributed by atoms with Gasteiger partial charge in [-0.05, 0) is 31.4 Å². The minimum atomic E-state index is -0.451. The molecule has 0 unspecified atom stereocenters. The van der Waals surface area contributed by atoms with Gasteiger partial charge < -0.3 is 5.73 Å². The summed E-state index contributed by atoms with van der Waals surface area (Å²) in [4.78, 5) is 31.1. The second-order valence-corrected chi connectivity index (χ2v) is 8.46. The van der Waals surface area contributed by atoms with Crippen molar-refractivity contribution in [2.45, 2.75) is 43.6 Å². The van der Waals surface area contributed by atoms with Crippen LogP contribution in [0.3, 0.4) is 0 Å². The van der Waals surface area contributed by atoms with E-state index in [9.17, 15) is 9.59 Å². The van der Waals surface area contributed by atoms with Crippen molar-refractivity contribution < 1.29 is 4.79 Å². The van der Waals surface area contributed by atoms with Gasteiger partial charge in [-0.15, -0.1) is 11.3 Å².